The minimum absolute atomic E-state index is 0.0477. The number of aromatic nitrogens is 2. The van der Waals surface area contributed by atoms with Crippen molar-refractivity contribution in [2.45, 2.75) is 13.3 Å². The highest BCUT2D eigenvalue weighted by atomic mass is 35.5. The number of hydrogen-bond acceptors (Lipinski definition) is 4. The van der Waals surface area contributed by atoms with Crippen molar-refractivity contribution < 1.29 is 19.4 Å². The normalized spacial score (nSPS) is 10.9. The van der Waals surface area contributed by atoms with Crippen LogP contribution in [-0.4, -0.2) is 33.3 Å². The second kappa shape index (κ2) is 11.2. The lowest BCUT2D eigenvalue weighted by atomic mass is 10.0. The zero-order valence-electron chi connectivity index (χ0n) is 20.8. The Balaban J connectivity index is 1.48. The average Bonchev–Trinajstić information content (AvgIpc) is 3.32. The summed E-state index contributed by atoms with van der Waals surface area (Å²) < 4.78 is 7.86. The van der Waals surface area contributed by atoms with E-state index < -0.39 is 5.97 Å². The van der Waals surface area contributed by atoms with Gasteiger partial charge in [0.2, 0.25) is 5.88 Å². The lowest BCUT2D eigenvalue weighted by Crippen LogP contribution is -2.25. The van der Waals surface area contributed by atoms with Gasteiger partial charge in [0.1, 0.15) is 5.75 Å². The molecule has 0 saturated heterocycles. The van der Waals surface area contributed by atoms with Gasteiger partial charge in [-0.2, -0.15) is 0 Å². The van der Waals surface area contributed by atoms with Crippen LogP contribution in [0.1, 0.15) is 22.3 Å². The van der Waals surface area contributed by atoms with Gasteiger partial charge in [0.15, 0.2) is 0 Å². The first kappa shape index (κ1) is 26.3. The van der Waals surface area contributed by atoms with Gasteiger partial charge in [-0.05, 0) is 71.8 Å². The summed E-state index contributed by atoms with van der Waals surface area (Å²) in [4.78, 5) is 23.0. The number of halogens is 2. The molecule has 5 aromatic rings. The Morgan fingerprint density at radius 2 is 1.62 bits per heavy atom. The van der Waals surface area contributed by atoms with Gasteiger partial charge in [-0.15, -0.1) is 5.10 Å². The van der Waals surface area contributed by atoms with Gasteiger partial charge in [-0.3, -0.25) is 9.59 Å². The van der Waals surface area contributed by atoms with Crippen LogP contribution >= 0.6 is 23.2 Å². The number of carbonyl (C=O) groups is 2. The van der Waals surface area contributed by atoms with Crippen LogP contribution in [0.15, 0.2) is 85.1 Å². The van der Waals surface area contributed by atoms with E-state index in [0.717, 1.165) is 21.9 Å². The number of hydrogen-bond donors (Lipinski definition) is 2. The first-order chi connectivity index (χ1) is 18.7. The summed E-state index contributed by atoms with van der Waals surface area (Å²) in [5, 5.41) is 19.2. The van der Waals surface area contributed by atoms with Crippen LogP contribution in [0.5, 0.6) is 11.6 Å². The van der Waals surface area contributed by atoms with E-state index in [1.54, 1.807) is 47.1 Å². The summed E-state index contributed by atoms with van der Waals surface area (Å²) >= 11 is 12.5. The molecular weight excluding hydrogens is 537 g/mol. The fraction of sp³-hybridized carbons (Fsp3) is 0.100. The van der Waals surface area contributed by atoms with Gasteiger partial charge in [-0.1, -0.05) is 59.1 Å². The van der Waals surface area contributed by atoms with E-state index in [1.165, 1.54) is 5.56 Å². The van der Waals surface area contributed by atoms with E-state index in [4.69, 9.17) is 33.0 Å². The van der Waals surface area contributed by atoms with Crippen molar-refractivity contribution in [3.05, 3.63) is 106 Å². The SMILES string of the molecule is Cc1ccc2cc(-c3cn(-c4cc(Cl)cc(Cl)c4)nc3Oc3ccc(C(=O)NCCC(=O)O)cc3)ccc2c1. The molecule has 196 valence electrons. The second-order valence-corrected chi connectivity index (χ2v) is 9.88. The standard InChI is InChI=1S/C30H23Cl2N3O4/c1-18-2-3-21-13-22(5-4-20(21)12-18)27-17-35(25-15-23(31)14-24(32)16-25)34-30(27)39-26-8-6-19(7-9-26)29(38)33-11-10-28(36)37/h2-9,12-17H,10-11H2,1H3,(H,33,38)(H,36,37). The maximum Gasteiger partial charge on any atom is 0.305 e. The van der Waals surface area contributed by atoms with Gasteiger partial charge in [0, 0.05) is 28.4 Å². The largest absolute Gasteiger partial charge is 0.481 e. The van der Waals surface area contributed by atoms with Crippen molar-refractivity contribution in [3.63, 3.8) is 0 Å². The number of nitrogens with zero attached hydrogens (tertiary/aromatic N) is 2. The number of ether oxygens (including phenoxy) is 1. The predicted octanol–water partition coefficient (Wildman–Crippen LogP) is 7.30. The maximum absolute atomic E-state index is 12.3. The van der Waals surface area contributed by atoms with Crippen molar-refractivity contribution in [2.24, 2.45) is 0 Å². The van der Waals surface area contributed by atoms with E-state index in [-0.39, 0.29) is 18.9 Å². The lowest BCUT2D eigenvalue weighted by Gasteiger charge is -2.08. The third kappa shape index (κ3) is 6.22. The Morgan fingerprint density at radius 1 is 0.923 bits per heavy atom. The van der Waals surface area contributed by atoms with Crippen molar-refractivity contribution in [2.75, 3.05) is 6.54 Å². The Labute approximate surface area is 234 Å². The van der Waals surface area contributed by atoms with Crippen LogP contribution < -0.4 is 10.1 Å². The molecule has 0 aliphatic heterocycles. The molecular formula is C30H23Cl2N3O4. The molecule has 0 unspecified atom stereocenters. The number of benzene rings is 4. The monoisotopic (exact) mass is 559 g/mol. The summed E-state index contributed by atoms with van der Waals surface area (Å²) in [6.45, 7) is 2.11. The molecule has 0 bridgehead atoms. The van der Waals surface area contributed by atoms with E-state index in [1.807, 2.05) is 12.3 Å². The Kier molecular flexibility index (Phi) is 7.54. The molecule has 7 nitrogen and oxygen atoms in total. The molecule has 2 N–H and O–H groups in total. The zero-order valence-corrected chi connectivity index (χ0v) is 22.3. The molecule has 0 radical (unpaired) electrons. The Hall–Kier alpha value is -4.33. The van der Waals surface area contributed by atoms with Gasteiger partial charge in [0.25, 0.3) is 5.91 Å². The fourth-order valence-electron chi connectivity index (χ4n) is 4.14. The molecule has 5 rings (SSSR count). The van der Waals surface area contributed by atoms with Gasteiger partial charge in [-0.25, -0.2) is 4.68 Å². The van der Waals surface area contributed by atoms with E-state index in [9.17, 15) is 9.59 Å². The third-order valence-corrected chi connectivity index (χ3v) is 6.49. The topological polar surface area (TPSA) is 93.5 Å². The molecule has 4 aromatic carbocycles. The highest BCUT2D eigenvalue weighted by Gasteiger charge is 2.16. The molecule has 1 aromatic heterocycles. The van der Waals surface area contributed by atoms with Crippen LogP contribution in [0.3, 0.4) is 0 Å². The summed E-state index contributed by atoms with van der Waals surface area (Å²) in [5.74, 6) is -0.506. The van der Waals surface area contributed by atoms with Crippen molar-refractivity contribution >= 4 is 45.9 Å². The molecule has 1 amide bonds. The van der Waals surface area contributed by atoms with Crippen molar-refractivity contribution in [1.82, 2.24) is 15.1 Å². The smallest absolute Gasteiger partial charge is 0.305 e. The molecule has 9 heteroatoms. The summed E-state index contributed by atoms with van der Waals surface area (Å²) in [7, 11) is 0. The molecule has 0 atom stereocenters. The number of carboxylic acids is 1. The molecule has 0 saturated carbocycles. The van der Waals surface area contributed by atoms with Crippen LogP contribution in [0.25, 0.3) is 27.6 Å². The first-order valence-corrected chi connectivity index (χ1v) is 12.9. The van der Waals surface area contributed by atoms with E-state index >= 15 is 0 Å². The summed E-state index contributed by atoms with van der Waals surface area (Å²) in [6.07, 6.45) is 1.71. The number of aliphatic carboxylic acids is 1. The number of carbonyl (C=O) groups excluding carboxylic acids is 1. The van der Waals surface area contributed by atoms with Crippen LogP contribution in [-0.2, 0) is 4.79 Å². The quantitative estimate of drug-likeness (QED) is 0.208. The molecule has 39 heavy (non-hydrogen) atoms. The lowest BCUT2D eigenvalue weighted by molar-refractivity contribution is -0.136. The Morgan fingerprint density at radius 3 is 2.33 bits per heavy atom. The molecule has 0 fully saturated rings. The van der Waals surface area contributed by atoms with Gasteiger partial charge in [0.05, 0.1) is 17.7 Å². The van der Waals surface area contributed by atoms with Gasteiger partial charge >= 0.3 is 5.97 Å². The summed E-state index contributed by atoms with van der Waals surface area (Å²) in [6, 6.07) is 24.2. The predicted molar refractivity (Wildman–Crippen MR) is 152 cm³/mol. The highest BCUT2D eigenvalue weighted by molar-refractivity contribution is 6.34. The second-order valence-electron chi connectivity index (χ2n) is 9.01. The minimum Gasteiger partial charge on any atom is -0.481 e. The van der Waals surface area contributed by atoms with Crippen LogP contribution in [0.2, 0.25) is 10.0 Å². The highest BCUT2D eigenvalue weighted by Crippen LogP contribution is 2.35. The van der Waals surface area contributed by atoms with E-state index in [2.05, 4.69) is 47.7 Å². The fourth-order valence-corrected chi connectivity index (χ4v) is 4.65. The van der Waals surface area contributed by atoms with Crippen LogP contribution in [0.4, 0.5) is 0 Å². The number of fused-ring (bicyclic) bond motifs is 1. The zero-order chi connectivity index (χ0) is 27.5. The maximum atomic E-state index is 12.3. The molecule has 0 aliphatic rings. The van der Waals surface area contributed by atoms with Crippen molar-refractivity contribution in [3.8, 4) is 28.4 Å². The molecule has 0 spiro atoms. The van der Waals surface area contributed by atoms with Crippen molar-refractivity contribution in [1.29, 1.82) is 0 Å². The average molecular weight is 560 g/mol. The number of amides is 1. The van der Waals surface area contributed by atoms with Gasteiger partial charge < -0.3 is 15.2 Å². The number of carboxylic acid groups (broad SMARTS) is 1. The minimum atomic E-state index is -0.976. The number of nitrogens with one attached hydrogen (secondary N) is 1. The molecule has 1 heterocycles. The van der Waals surface area contributed by atoms with E-state index in [0.29, 0.717) is 32.9 Å². The Bertz CT molecular complexity index is 1680. The number of rotatable bonds is 8. The first-order valence-electron chi connectivity index (χ1n) is 12.1. The van der Waals surface area contributed by atoms with Crippen LogP contribution in [0, 0.1) is 6.92 Å². The molecule has 0 aliphatic carbocycles. The number of aryl methyl sites for hydroxylation is 1. The third-order valence-electron chi connectivity index (χ3n) is 6.05. The summed E-state index contributed by atoms with van der Waals surface area (Å²) in [5.41, 5.74) is 3.91.